The summed E-state index contributed by atoms with van der Waals surface area (Å²) in [6.07, 6.45) is 4.84. The van der Waals surface area contributed by atoms with Crippen molar-refractivity contribution in [1.82, 2.24) is 35.5 Å². The summed E-state index contributed by atoms with van der Waals surface area (Å²) in [7, 11) is 0. The highest BCUT2D eigenvalue weighted by Gasteiger charge is 2.10. The maximum Gasteiger partial charge on any atom is 0.191 e. The first-order chi connectivity index (χ1) is 8.31. The third-order valence-corrected chi connectivity index (χ3v) is 2.60. The Morgan fingerprint density at radius 3 is 3.12 bits per heavy atom. The van der Waals surface area contributed by atoms with Crippen LogP contribution in [0.4, 0.5) is 0 Å². The molecule has 0 fully saturated rings. The Hall–Kier alpha value is -1.76. The Labute approximate surface area is 99.6 Å². The normalized spacial score (nSPS) is 12.8. The summed E-state index contributed by atoms with van der Waals surface area (Å²) < 4.78 is 2.15. The molecule has 2 rings (SSSR count). The number of nitrogens with one attached hydrogen (secondary N) is 2. The van der Waals surface area contributed by atoms with Crippen LogP contribution in [-0.2, 0) is 13.1 Å². The molecule has 0 radical (unpaired) electrons. The molecule has 0 spiro atoms. The zero-order valence-electron chi connectivity index (χ0n) is 10.1. The van der Waals surface area contributed by atoms with Gasteiger partial charge in [-0.3, -0.25) is 0 Å². The zero-order valence-corrected chi connectivity index (χ0v) is 10.1. The maximum absolute atomic E-state index is 4.15. The molecule has 17 heavy (non-hydrogen) atoms. The van der Waals surface area contributed by atoms with Gasteiger partial charge in [-0.15, -0.1) is 10.2 Å². The van der Waals surface area contributed by atoms with Gasteiger partial charge in [-0.05, 0) is 13.3 Å². The van der Waals surface area contributed by atoms with Crippen LogP contribution in [0.1, 0.15) is 37.8 Å². The molecule has 92 valence electrons. The number of imidazole rings is 1. The molecule has 1 atom stereocenters. The Bertz CT molecular complexity index is 433. The van der Waals surface area contributed by atoms with Crippen LogP contribution in [-0.4, -0.2) is 30.2 Å². The number of aromatic nitrogens is 6. The van der Waals surface area contributed by atoms with Crippen molar-refractivity contribution < 1.29 is 0 Å². The lowest BCUT2D eigenvalue weighted by molar-refractivity contribution is 0.522. The second kappa shape index (κ2) is 5.53. The Kier molecular flexibility index (Phi) is 3.81. The number of aromatic amines is 1. The van der Waals surface area contributed by atoms with E-state index in [1.165, 1.54) is 5.69 Å². The van der Waals surface area contributed by atoms with Gasteiger partial charge in [-0.2, -0.15) is 5.21 Å². The second-order valence-electron chi connectivity index (χ2n) is 3.95. The minimum absolute atomic E-state index is 0.0683. The van der Waals surface area contributed by atoms with Gasteiger partial charge in [0.15, 0.2) is 5.82 Å². The van der Waals surface area contributed by atoms with Crippen LogP contribution in [0, 0.1) is 0 Å². The predicted molar refractivity (Wildman–Crippen MR) is 62.0 cm³/mol. The molecule has 1 unspecified atom stereocenters. The molecule has 0 aliphatic rings. The first kappa shape index (κ1) is 11.7. The van der Waals surface area contributed by atoms with Crippen LogP contribution in [0.25, 0.3) is 0 Å². The van der Waals surface area contributed by atoms with Crippen LogP contribution in [0.15, 0.2) is 12.5 Å². The van der Waals surface area contributed by atoms with E-state index in [0.717, 1.165) is 19.5 Å². The molecule has 0 aromatic carbocycles. The summed E-state index contributed by atoms with van der Waals surface area (Å²) in [5.74, 6) is 0.673. The molecule has 7 nitrogen and oxygen atoms in total. The molecule has 0 saturated carbocycles. The van der Waals surface area contributed by atoms with Crippen molar-refractivity contribution in [1.29, 1.82) is 0 Å². The van der Waals surface area contributed by atoms with Crippen molar-refractivity contribution in [2.75, 3.05) is 0 Å². The minimum atomic E-state index is 0.0683. The number of hydrogen-bond donors (Lipinski definition) is 2. The number of nitrogens with zero attached hydrogens (tertiary/aromatic N) is 5. The van der Waals surface area contributed by atoms with Gasteiger partial charge in [-0.1, -0.05) is 12.1 Å². The Balaban J connectivity index is 1.91. The molecular weight excluding hydrogens is 218 g/mol. The number of aryl methyl sites for hydroxylation is 1. The van der Waals surface area contributed by atoms with Gasteiger partial charge in [-0.25, -0.2) is 4.98 Å². The van der Waals surface area contributed by atoms with Crippen LogP contribution < -0.4 is 5.32 Å². The highest BCUT2D eigenvalue weighted by Crippen LogP contribution is 2.06. The summed E-state index contributed by atoms with van der Waals surface area (Å²) in [5.41, 5.74) is 1.17. The van der Waals surface area contributed by atoms with Gasteiger partial charge in [0, 0.05) is 19.3 Å². The summed E-state index contributed by atoms with van der Waals surface area (Å²) in [6, 6.07) is 0.0683. The fraction of sp³-hybridized carbons (Fsp3) is 0.600. The molecule has 2 aromatic rings. The average Bonchev–Trinajstić information content (AvgIpc) is 2.97. The first-order valence-corrected chi connectivity index (χ1v) is 5.77. The van der Waals surface area contributed by atoms with Crippen LogP contribution in [0.3, 0.4) is 0 Å². The standard InChI is InChI=1S/C10H17N7/c1-3-4-17-7-11-5-9(17)6-12-8(2)10-13-15-16-14-10/h5,7-8,12H,3-4,6H2,1-2H3,(H,13,14,15,16). The third kappa shape index (κ3) is 2.88. The van der Waals surface area contributed by atoms with E-state index < -0.39 is 0 Å². The van der Waals surface area contributed by atoms with Crippen molar-refractivity contribution in [3.05, 3.63) is 24.0 Å². The van der Waals surface area contributed by atoms with Crippen molar-refractivity contribution in [3.63, 3.8) is 0 Å². The van der Waals surface area contributed by atoms with Gasteiger partial charge in [0.05, 0.1) is 18.1 Å². The molecular formula is C10H17N7. The SMILES string of the molecule is CCCn1cncc1CNC(C)c1nn[nH]n1. The van der Waals surface area contributed by atoms with E-state index in [0.29, 0.717) is 5.82 Å². The van der Waals surface area contributed by atoms with Gasteiger partial charge < -0.3 is 9.88 Å². The highest BCUT2D eigenvalue weighted by atomic mass is 15.5. The molecule has 0 saturated heterocycles. The minimum Gasteiger partial charge on any atom is -0.333 e. The fourth-order valence-corrected chi connectivity index (χ4v) is 1.64. The van der Waals surface area contributed by atoms with Crippen molar-refractivity contribution in [2.45, 2.75) is 39.4 Å². The Morgan fingerprint density at radius 1 is 1.53 bits per heavy atom. The molecule has 2 heterocycles. The summed E-state index contributed by atoms with van der Waals surface area (Å²) in [4.78, 5) is 4.15. The van der Waals surface area contributed by atoms with Crippen LogP contribution >= 0.6 is 0 Å². The first-order valence-electron chi connectivity index (χ1n) is 5.77. The second-order valence-corrected chi connectivity index (χ2v) is 3.95. The van der Waals surface area contributed by atoms with E-state index in [1.54, 1.807) is 0 Å². The summed E-state index contributed by atoms with van der Waals surface area (Å²) in [5, 5.41) is 17.2. The molecule has 0 amide bonds. The molecule has 2 aromatic heterocycles. The highest BCUT2D eigenvalue weighted by molar-refractivity contribution is 4.99. The fourth-order valence-electron chi connectivity index (χ4n) is 1.64. The monoisotopic (exact) mass is 235 g/mol. The van der Waals surface area contributed by atoms with Gasteiger partial charge in [0.25, 0.3) is 0 Å². The van der Waals surface area contributed by atoms with E-state index in [9.17, 15) is 0 Å². The smallest absolute Gasteiger partial charge is 0.191 e. The lowest BCUT2D eigenvalue weighted by Crippen LogP contribution is -2.21. The van der Waals surface area contributed by atoms with E-state index in [2.05, 4.69) is 42.4 Å². The molecule has 0 aliphatic carbocycles. The largest absolute Gasteiger partial charge is 0.333 e. The van der Waals surface area contributed by atoms with Crippen LogP contribution in [0.2, 0.25) is 0 Å². The lowest BCUT2D eigenvalue weighted by atomic mass is 10.3. The van der Waals surface area contributed by atoms with Crippen molar-refractivity contribution >= 4 is 0 Å². The summed E-state index contributed by atoms with van der Waals surface area (Å²) in [6.45, 7) is 5.90. The number of hydrogen-bond acceptors (Lipinski definition) is 5. The lowest BCUT2D eigenvalue weighted by Gasteiger charge is -2.11. The van der Waals surface area contributed by atoms with E-state index in [-0.39, 0.29) is 6.04 Å². The van der Waals surface area contributed by atoms with Crippen molar-refractivity contribution in [2.24, 2.45) is 0 Å². The van der Waals surface area contributed by atoms with Gasteiger partial charge >= 0.3 is 0 Å². The predicted octanol–water partition coefficient (Wildman–Crippen LogP) is 0.657. The van der Waals surface area contributed by atoms with Gasteiger partial charge in [0.1, 0.15) is 0 Å². The zero-order chi connectivity index (χ0) is 12.1. The Morgan fingerprint density at radius 2 is 2.41 bits per heavy atom. The number of H-pyrrole nitrogens is 1. The van der Waals surface area contributed by atoms with E-state index >= 15 is 0 Å². The summed E-state index contributed by atoms with van der Waals surface area (Å²) >= 11 is 0. The number of tetrazole rings is 1. The molecule has 2 N–H and O–H groups in total. The molecule has 0 bridgehead atoms. The van der Waals surface area contributed by atoms with E-state index in [1.807, 2.05) is 19.4 Å². The van der Waals surface area contributed by atoms with Crippen LogP contribution in [0.5, 0.6) is 0 Å². The average molecular weight is 235 g/mol. The molecule has 7 heteroatoms. The number of rotatable bonds is 6. The topological polar surface area (TPSA) is 84.3 Å². The maximum atomic E-state index is 4.15. The molecule has 0 aliphatic heterocycles. The van der Waals surface area contributed by atoms with Gasteiger partial charge in [0.2, 0.25) is 0 Å². The third-order valence-electron chi connectivity index (χ3n) is 2.60. The quantitative estimate of drug-likeness (QED) is 0.768. The van der Waals surface area contributed by atoms with E-state index in [4.69, 9.17) is 0 Å². The van der Waals surface area contributed by atoms with Crippen molar-refractivity contribution in [3.8, 4) is 0 Å².